The molecule has 1 heterocycles. The largest absolute Gasteiger partial charge is 0.372 e. The van der Waals surface area contributed by atoms with Crippen LogP contribution in [0.5, 0.6) is 0 Å². The maximum Gasteiger partial charge on any atom is 0.0930 e. The molecular weight excluding hydrogens is 216 g/mol. The first kappa shape index (κ1) is 11.6. The lowest BCUT2D eigenvalue weighted by Gasteiger charge is -2.20. The molecule has 2 N–H and O–H groups in total. The topological polar surface area (TPSA) is 24.1 Å². The van der Waals surface area contributed by atoms with Crippen LogP contribution in [0.15, 0.2) is 30.3 Å². The molecule has 16 heavy (non-hydrogen) atoms. The monoisotopic (exact) mass is 234 g/mol. The van der Waals surface area contributed by atoms with E-state index in [1.807, 2.05) is 6.07 Å². The SMILES string of the molecule is C[C@@H](NC(=S)[C@@H]1CCCN1)c1ccccc1. The van der Waals surface area contributed by atoms with Crippen LogP contribution in [0.4, 0.5) is 0 Å². The molecule has 0 radical (unpaired) electrons. The minimum Gasteiger partial charge on any atom is -0.372 e. The van der Waals surface area contributed by atoms with Crippen molar-refractivity contribution < 1.29 is 0 Å². The van der Waals surface area contributed by atoms with Gasteiger partial charge < -0.3 is 10.6 Å². The molecular formula is C13H18N2S. The van der Waals surface area contributed by atoms with E-state index >= 15 is 0 Å². The van der Waals surface area contributed by atoms with E-state index in [4.69, 9.17) is 12.2 Å². The van der Waals surface area contributed by atoms with Crippen LogP contribution in [0, 0.1) is 0 Å². The normalized spacial score (nSPS) is 21.7. The van der Waals surface area contributed by atoms with Crippen LogP contribution in [0.3, 0.4) is 0 Å². The quantitative estimate of drug-likeness (QED) is 0.785. The van der Waals surface area contributed by atoms with Crippen LogP contribution in [-0.2, 0) is 0 Å². The van der Waals surface area contributed by atoms with Gasteiger partial charge in [0.1, 0.15) is 0 Å². The zero-order chi connectivity index (χ0) is 11.4. The summed E-state index contributed by atoms with van der Waals surface area (Å²) in [6, 6.07) is 11.1. The van der Waals surface area contributed by atoms with E-state index in [0.717, 1.165) is 18.0 Å². The van der Waals surface area contributed by atoms with Gasteiger partial charge in [0.15, 0.2) is 0 Å². The highest BCUT2D eigenvalue weighted by Gasteiger charge is 2.19. The minimum absolute atomic E-state index is 0.288. The van der Waals surface area contributed by atoms with Crippen LogP contribution >= 0.6 is 12.2 Å². The lowest BCUT2D eigenvalue weighted by Crippen LogP contribution is -2.40. The van der Waals surface area contributed by atoms with Gasteiger partial charge in [-0.2, -0.15) is 0 Å². The van der Waals surface area contributed by atoms with E-state index in [-0.39, 0.29) is 6.04 Å². The molecule has 2 nitrogen and oxygen atoms in total. The van der Waals surface area contributed by atoms with Crippen LogP contribution in [-0.4, -0.2) is 17.6 Å². The van der Waals surface area contributed by atoms with Gasteiger partial charge in [-0.05, 0) is 31.9 Å². The fourth-order valence-electron chi connectivity index (χ4n) is 2.05. The number of nitrogens with one attached hydrogen (secondary N) is 2. The van der Waals surface area contributed by atoms with Crippen molar-refractivity contribution in [3.05, 3.63) is 35.9 Å². The standard InChI is InChI=1S/C13H18N2S/c1-10(11-6-3-2-4-7-11)15-13(16)12-8-5-9-14-12/h2-4,6-7,10,12,14H,5,8-9H2,1H3,(H,15,16)/t10-,12+/m1/s1. The molecule has 2 rings (SSSR count). The van der Waals surface area contributed by atoms with Gasteiger partial charge in [0.2, 0.25) is 0 Å². The van der Waals surface area contributed by atoms with Gasteiger partial charge in [0.25, 0.3) is 0 Å². The molecule has 1 aromatic carbocycles. The summed E-state index contributed by atoms with van der Waals surface area (Å²) >= 11 is 5.42. The summed E-state index contributed by atoms with van der Waals surface area (Å²) in [4.78, 5) is 0.953. The molecule has 1 aromatic rings. The molecule has 2 atom stereocenters. The Bertz CT molecular complexity index is 344. The predicted octanol–water partition coefficient (Wildman–Crippen LogP) is 2.42. The Hall–Kier alpha value is -0.930. The van der Waals surface area contributed by atoms with E-state index in [0.29, 0.717) is 6.04 Å². The highest BCUT2D eigenvalue weighted by atomic mass is 32.1. The Labute approximate surface area is 102 Å². The zero-order valence-electron chi connectivity index (χ0n) is 9.57. The molecule has 86 valence electrons. The van der Waals surface area contributed by atoms with Gasteiger partial charge >= 0.3 is 0 Å². The summed E-state index contributed by atoms with van der Waals surface area (Å²) < 4.78 is 0. The molecule has 1 saturated heterocycles. The van der Waals surface area contributed by atoms with Gasteiger partial charge in [-0.15, -0.1) is 0 Å². The van der Waals surface area contributed by atoms with Crippen LogP contribution in [0.2, 0.25) is 0 Å². The minimum atomic E-state index is 0.288. The first-order valence-electron chi connectivity index (χ1n) is 5.86. The lowest BCUT2D eigenvalue weighted by molar-refractivity contribution is 0.672. The second kappa shape index (κ2) is 5.41. The summed E-state index contributed by atoms with van der Waals surface area (Å²) in [6.07, 6.45) is 2.39. The van der Waals surface area contributed by atoms with Gasteiger partial charge in [0.05, 0.1) is 11.0 Å². The van der Waals surface area contributed by atoms with E-state index in [1.54, 1.807) is 0 Å². The molecule has 3 heteroatoms. The van der Waals surface area contributed by atoms with Crippen molar-refractivity contribution in [2.24, 2.45) is 0 Å². The molecule has 0 aliphatic carbocycles. The Morgan fingerprint density at radius 1 is 1.44 bits per heavy atom. The summed E-state index contributed by atoms with van der Waals surface area (Å²) in [5, 5.41) is 6.82. The van der Waals surface area contributed by atoms with E-state index < -0.39 is 0 Å². The van der Waals surface area contributed by atoms with Crippen molar-refractivity contribution in [3.8, 4) is 0 Å². The third-order valence-corrected chi connectivity index (χ3v) is 3.44. The maximum atomic E-state index is 5.42. The average Bonchev–Trinajstić information content (AvgIpc) is 2.83. The fraction of sp³-hybridized carbons (Fsp3) is 0.462. The second-order valence-corrected chi connectivity index (χ2v) is 4.73. The molecule has 0 bridgehead atoms. The number of thiocarbonyl (C=S) groups is 1. The summed E-state index contributed by atoms with van der Waals surface area (Å²) in [5.41, 5.74) is 1.28. The molecule has 1 aliphatic heterocycles. The summed E-state index contributed by atoms with van der Waals surface area (Å²) in [7, 11) is 0. The molecule has 1 aliphatic rings. The molecule has 0 unspecified atom stereocenters. The van der Waals surface area contributed by atoms with Crippen LogP contribution in [0.25, 0.3) is 0 Å². The number of benzene rings is 1. The Kier molecular flexibility index (Phi) is 3.91. The second-order valence-electron chi connectivity index (χ2n) is 4.29. The predicted molar refractivity (Wildman–Crippen MR) is 71.6 cm³/mol. The third kappa shape index (κ3) is 2.80. The first-order chi connectivity index (χ1) is 7.77. The zero-order valence-corrected chi connectivity index (χ0v) is 10.4. The van der Waals surface area contributed by atoms with E-state index in [2.05, 4.69) is 41.8 Å². The van der Waals surface area contributed by atoms with Crippen molar-refractivity contribution >= 4 is 17.2 Å². The van der Waals surface area contributed by atoms with Crippen LogP contribution < -0.4 is 10.6 Å². The Morgan fingerprint density at radius 3 is 2.81 bits per heavy atom. The molecule has 0 aromatic heterocycles. The van der Waals surface area contributed by atoms with Gasteiger partial charge in [-0.25, -0.2) is 0 Å². The van der Waals surface area contributed by atoms with Crippen molar-refractivity contribution in [1.29, 1.82) is 0 Å². The van der Waals surface area contributed by atoms with Crippen molar-refractivity contribution in [2.45, 2.75) is 31.8 Å². The smallest absolute Gasteiger partial charge is 0.0930 e. The Balaban J connectivity index is 1.92. The van der Waals surface area contributed by atoms with E-state index in [1.165, 1.54) is 12.0 Å². The molecule has 1 fully saturated rings. The van der Waals surface area contributed by atoms with Gasteiger partial charge in [0, 0.05) is 6.04 Å². The first-order valence-corrected chi connectivity index (χ1v) is 6.27. The Morgan fingerprint density at radius 2 is 2.19 bits per heavy atom. The number of hydrogen-bond donors (Lipinski definition) is 2. The lowest BCUT2D eigenvalue weighted by atomic mass is 10.1. The highest BCUT2D eigenvalue weighted by molar-refractivity contribution is 7.80. The summed E-state index contributed by atoms with van der Waals surface area (Å²) in [5.74, 6) is 0. The van der Waals surface area contributed by atoms with E-state index in [9.17, 15) is 0 Å². The van der Waals surface area contributed by atoms with Crippen molar-refractivity contribution in [1.82, 2.24) is 10.6 Å². The number of rotatable bonds is 3. The van der Waals surface area contributed by atoms with Crippen LogP contribution in [0.1, 0.15) is 31.4 Å². The van der Waals surface area contributed by atoms with Crippen molar-refractivity contribution in [2.75, 3.05) is 6.54 Å². The van der Waals surface area contributed by atoms with Gasteiger partial charge in [-0.1, -0.05) is 42.5 Å². The van der Waals surface area contributed by atoms with Gasteiger partial charge in [-0.3, -0.25) is 0 Å². The molecule has 0 saturated carbocycles. The fourth-order valence-corrected chi connectivity index (χ4v) is 2.43. The molecule has 0 spiro atoms. The third-order valence-electron chi connectivity index (χ3n) is 3.04. The average molecular weight is 234 g/mol. The molecule has 0 amide bonds. The van der Waals surface area contributed by atoms with Crippen molar-refractivity contribution in [3.63, 3.8) is 0 Å². The summed E-state index contributed by atoms with van der Waals surface area (Å²) in [6.45, 7) is 3.24. The highest BCUT2D eigenvalue weighted by Crippen LogP contribution is 2.13. The number of hydrogen-bond acceptors (Lipinski definition) is 2. The maximum absolute atomic E-state index is 5.42.